The average molecular weight is 360 g/mol. The molecule has 6 nitrogen and oxygen atoms in total. The van der Waals surface area contributed by atoms with Gasteiger partial charge < -0.3 is 19.2 Å². The predicted octanol–water partition coefficient (Wildman–Crippen LogP) is 2.10. The van der Waals surface area contributed by atoms with Gasteiger partial charge in [-0.05, 0) is 32.2 Å². The van der Waals surface area contributed by atoms with Crippen molar-refractivity contribution in [3.63, 3.8) is 0 Å². The number of hydrogen-bond donors (Lipinski definition) is 1. The summed E-state index contributed by atoms with van der Waals surface area (Å²) in [5, 5.41) is 0. The molecule has 6 heteroatoms. The van der Waals surface area contributed by atoms with E-state index in [1.807, 2.05) is 0 Å². The molecule has 0 aromatic carbocycles. The summed E-state index contributed by atoms with van der Waals surface area (Å²) in [7, 11) is 1.52. The summed E-state index contributed by atoms with van der Waals surface area (Å²) >= 11 is 0. The van der Waals surface area contributed by atoms with Crippen molar-refractivity contribution >= 4 is 0 Å². The monoisotopic (exact) mass is 360 g/mol. The molecule has 3 aliphatic rings. The Morgan fingerprint density at radius 2 is 2.31 bits per heavy atom. The number of rotatable bonds is 4. The number of methoxy groups -OCH3 is 1. The van der Waals surface area contributed by atoms with Gasteiger partial charge in [0, 0.05) is 42.6 Å². The van der Waals surface area contributed by atoms with Gasteiger partial charge in [0.15, 0.2) is 5.75 Å². The zero-order valence-corrected chi connectivity index (χ0v) is 15.5. The lowest BCUT2D eigenvalue weighted by atomic mass is 9.65. The number of pyridine rings is 1. The average Bonchev–Trinajstić information content (AvgIpc) is 2.69. The third kappa shape index (κ3) is 3.21. The molecule has 0 unspecified atom stereocenters. The highest BCUT2D eigenvalue weighted by atomic mass is 16.5. The molecule has 1 aromatic rings. The SMILES string of the molecule is COc1c[nH]c(CN2CCC[C@]3(C4=CCOCC4)COCC[C@@H]23)cc1=O. The van der Waals surface area contributed by atoms with Crippen LogP contribution in [0.25, 0.3) is 0 Å². The quantitative estimate of drug-likeness (QED) is 0.833. The second kappa shape index (κ2) is 7.55. The summed E-state index contributed by atoms with van der Waals surface area (Å²) < 4.78 is 16.6. The molecular weight excluding hydrogens is 332 g/mol. The fraction of sp³-hybridized carbons (Fsp3) is 0.650. The Balaban J connectivity index is 1.59. The molecule has 1 N–H and O–H groups in total. The number of piperidine rings is 1. The number of likely N-dealkylation sites (tertiary alicyclic amines) is 1. The molecule has 0 amide bonds. The van der Waals surface area contributed by atoms with E-state index >= 15 is 0 Å². The van der Waals surface area contributed by atoms with Crippen molar-refractivity contribution in [2.75, 3.05) is 40.1 Å². The van der Waals surface area contributed by atoms with Crippen LogP contribution in [0.1, 0.15) is 31.4 Å². The Morgan fingerprint density at radius 3 is 3.08 bits per heavy atom. The summed E-state index contributed by atoms with van der Waals surface area (Å²) in [6, 6.07) is 2.13. The lowest BCUT2D eigenvalue weighted by molar-refractivity contribution is -0.0877. The van der Waals surface area contributed by atoms with Gasteiger partial charge in [-0.2, -0.15) is 0 Å². The molecule has 0 radical (unpaired) electrons. The number of hydrogen-bond acceptors (Lipinski definition) is 5. The third-order valence-corrected chi connectivity index (χ3v) is 6.18. The summed E-state index contributed by atoms with van der Waals surface area (Å²) in [6.45, 7) is 4.96. The largest absolute Gasteiger partial charge is 0.491 e. The maximum atomic E-state index is 12.1. The van der Waals surface area contributed by atoms with E-state index in [4.69, 9.17) is 14.2 Å². The Bertz CT molecular complexity index is 725. The van der Waals surface area contributed by atoms with Gasteiger partial charge in [0.2, 0.25) is 5.43 Å². The molecule has 0 saturated carbocycles. The van der Waals surface area contributed by atoms with Crippen LogP contribution in [0.15, 0.2) is 28.7 Å². The molecule has 3 aliphatic heterocycles. The topological polar surface area (TPSA) is 63.8 Å². The standard InChI is InChI=1S/C20H28N2O4/c1-24-18-12-21-16(11-17(18)23)13-22-7-2-6-20(14-26-10-5-19(20)22)15-3-8-25-9-4-15/h3,11-12,19H,2,4-10,13-14H2,1H3,(H,21,23)/t19-,20-/m1/s1. The number of nitrogens with zero attached hydrogens (tertiary/aromatic N) is 1. The van der Waals surface area contributed by atoms with E-state index in [1.165, 1.54) is 19.1 Å². The van der Waals surface area contributed by atoms with Crippen molar-refractivity contribution in [2.24, 2.45) is 5.41 Å². The molecule has 142 valence electrons. The highest BCUT2D eigenvalue weighted by Gasteiger charge is 2.48. The maximum absolute atomic E-state index is 12.1. The second-order valence-corrected chi connectivity index (χ2v) is 7.53. The molecule has 0 bridgehead atoms. The number of ether oxygens (including phenoxy) is 3. The predicted molar refractivity (Wildman–Crippen MR) is 98.4 cm³/mol. The minimum Gasteiger partial charge on any atom is -0.491 e. The summed E-state index contributed by atoms with van der Waals surface area (Å²) in [6.07, 6.45) is 8.33. The minimum absolute atomic E-state index is 0.0661. The maximum Gasteiger partial charge on any atom is 0.223 e. The van der Waals surface area contributed by atoms with E-state index in [2.05, 4.69) is 16.0 Å². The van der Waals surface area contributed by atoms with Gasteiger partial charge in [-0.15, -0.1) is 0 Å². The number of fused-ring (bicyclic) bond motifs is 1. The van der Waals surface area contributed by atoms with Gasteiger partial charge in [-0.25, -0.2) is 0 Å². The lowest BCUT2D eigenvalue weighted by Gasteiger charge is -2.54. The van der Waals surface area contributed by atoms with Crippen LogP contribution in [0.2, 0.25) is 0 Å². The van der Waals surface area contributed by atoms with Crippen LogP contribution in [0.3, 0.4) is 0 Å². The fourth-order valence-corrected chi connectivity index (χ4v) is 4.95. The van der Waals surface area contributed by atoms with Crippen LogP contribution in [0.5, 0.6) is 5.75 Å². The van der Waals surface area contributed by atoms with Crippen LogP contribution < -0.4 is 10.2 Å². The first-order valence-corrected chi connectivity index (χ1v) is 9.57. The summed E-state index contributed by atoms with van der Waals surface area (Å²) in [5.41, 5.74) is 2.50. The van der Waals surface area contributed by atoms with E-state index in [0.29, 0.717) is 11.8 Å². The minimum atomic E-state index is -0.0661. The number of aromatic nitrogens is 1. The van der Waals surface area contributed by atoms with Crippen LogP contribution in [-0.2, 0) is 16.0 Å². The highest BCUT2D eigenvalue weighted by Crippen LogP contribution is 2.48. The molecule has 2 fully saturated rings. The smallest absolute Gasteiger partial charge is 0.223 e. The van der Waals surface area contributed by atoms with Gasteiger partial charge in [-0.3, -0.25) is 9.69 Å². The molecule has 1 aromatic heterocycles. The number of aromatic amines is 1. The van der Waals surface area contributed by atoms with E-state index in [-0.39, 0.29) is 10.8 Å². The van der Waals surface area contributed by atoms with Crippen molar-refractivity contribution in [3.05, 3.63) is 39.8 Å². The Morgan fingerprint density at radius 1 is 1.38 bits per heavy atom. The first-order chi connectivity index (χ1) is 12.7. The summed E-state index contributed by atoms with van der Waals surface area (Å²) in [5.74, 6) is 0.361. The van der Waals surface area contributed by atoms with Crippen molar-refractivity contribution < 1.29 is 14.2 Å². The molecule has 4 heterocycles. The Kier molecular flexibility index (Phi) is 5.16. The van der Waals surface area contributed by atoms with Gasteiger partial charge in [0.1, 0.15) is 0 Å². The Labute approximate surface area is 154 Å². The van der Waals surface area contributed by atoms with Crippen LogP contribution in [-0.4, -0.2) is 56.0 Å². The molecule has 2 saturated heterocycles. The first-order valence-electron chi connectivity index (χ1n) is 9.57. The van der Waals surface area contributed by atoms with Crippen LogP contribution in [0.4, 0.5) is 0 Å². The van der Waals surface area contributed by atoms with Crippen molar-refractivity contribution in [1.29, 1.82) is 0 Å². The second-order valence-electron chi connectivity index (χ2n) is 7.53. The van der Waals surface area contributed by atoms with E-state index in [0.717, 1.165) is 64.5 Å². The molecule has 2 atom stereocenters. The number of H-pyrrole nitrogens is 1. The lowest BCUT2D eigenvalue weighted by Crippen LogP contribution is -2.58. The molecule has 0 aliphatic carbocycles. The molecular formula is C20H28N2O4. The van der Waals surface area contributed by atoms with E-state index in [9.17, 15) is 4.79 Å². The highest BCUT2D eigenvalue weighted by molar-refractivity contribution is 5.24. The Hall–Kier alpha value is -1.63. The zero-order chi connectivity index (χ0) is 18.0. The van der Waals surface area contributed by atoms with Crippen LogP contribution >= 0.6 is 0 Å². The van der Waals surface area contributed by atoms with E-state index < -0.39 is 0 Å². The first kappa shape index (κ1) is 17.8. The van der Waals surface area contributed by atoms with Crippen LogP contribution in [0, 0.1) is 5.41 Å². The fourth-order valence-electron chi connectivity index (χ4n) is 4.95. The van der Waals surface area contributed by atoms with Gasteiger partial charge >= 0.3 is 0 Å². The third-order valence-electron chi connectivity index (χ3n) is 6.18. The van der Waals surface area contributed by atoms with Gasteiger partial charge in [-0.1, -0.05) is 11.6 Å². The van der Waals surface area contributed by atoms with Crippen molar-refractivity contribution in [2.45, 2.75) is 38.3 Å². The van der Waals surface area contributed by atoms with E-state index in [1.54, 1.807) is 12.3 Å². The van der Waals surface area contributed by atoms with Crippen molar-refractivity contribution in [3.8, 4) is 5.75 Å². The summed E-state index contributed by atoms with van der Waals surface area (Å²) in [4.78, 5) is 17.9. The molecule has 26 heavy (non-hydrogen) atoms. The van der Waals surface area contributed by atoms with Gasteiger partial charge in [0.05, 0.1) is 26.9 Å². The number of nitrogens with one attached hydrogen (secondary N) is 1. The molecule has 4 rings (SSSR count). The zero-order valence-electron chi connectivity index (χ0n) is 15.5. The van der Waals surface area contributed by atoms with Crippen molar-refractivity contribution in [1.82, 2.24) is 9.88 Å². The van der Waals surface area contributed by atoms with Gasteiger partial charge in [0.25, 0.3) is 0 Å². The normalized spacial score (nSPS) is 29.7. The molecule has 0 spiro atoms.